The van der Waals surface area contributed by atoms with E-state index in [0.29, 0.717) is 25.4 Å². The van der Waals surface area contributed by atoms with E-state index < -0.39 is 6.10 Å². The lowest BCUT2D eigenvalue weighted by molar-refractivity contribution is 0.138. The Morgan fingerprint density at radius 3 is 2.52 bits per heavy atom. The predicted octanol–water partition coefficient (Wildman–Crippen LogP) is 1.29. The van der Waals surface area contributed by atoms with Crippen molar-refractivity contribution in [3.63, 3.8) is 0 Å². The van der Waals surface area contributed by atoms with E-state index in [2.05, 4.69) is 34.4 Å². The summed E-state index contributed by atoms with van der Waals surface area (Å²) in [6.45, 7) is 8.73. The number of aliphatic hydroxyl groups excluding tert-OH is 1. The van der Waals surface area contributed by atoms with Crippen molar-refractivity contribution in [2.24, 2.45) is 5.92 Å². The summed E-state index contributed by atoms with van der Waals surface area (Å²) in [6, 6.07) is 9.35. The van der Waals surface area contributed by atoms with E-state index in [1.807, 2.05) is 30.3 Å². The van der Waals surface area contributed by atoms with E-state index in [9.17, 15) is 9.90 Å². The van der Waals surface area contributed by atoms with Gasteiger partial charge in [0.05, 0.1) is 6.10 Å². The molecule has 3 N–H and O–H groups in total. The molecule has 0 bridgehead atoms. The average molecular weight is 348 g/mol. The summed E-state index contributed by atoms with van der Waals surface area (Å²) < 4.78 is 0. The zero-order chi connectivity index (χ0) is 18.1. The quantitative estimate of drug-likeness (QED) is 0.662. The lowest BCUT2D eigenvalue weighted by atomic mass is 10.1. The molecule has 1 heterocycles. The Hall–Kier alpha value is -1.63. The second-order valence-electron chi connectivity index (χ2n) is 7.06. The van der Waals surface area contributed by atoms with E-state index in [4.69, 9.17) is 0 Å². The van der Waals surface area contributed by atoms with Gasteiger partial charge in [0, 0.05) is 45.8 Å². The maximum atomic E-state index is 11.9. The molecule has 0 radical (unpaired) electrons. The topological polar surface area (TPSA) is 67.8 Å². The molecule has 0 aliphatic carbocycles. The Labute approximate surface area is 151 Å². The van der Waals surface area contributed by atoms with Gasteiger partial charge in [-0.15, -0.1) is 0 Å². The smallest absolute Gasteiger partial charge is 0.314 e. The fourth-order valence-electron chi connectivity index (χ4n) is 3.03. The molecule has 140 valence electrons. The number of benzene rings is 1. The summed E-state index contributed by atoms with van der Waals surface area (Å²) in [5, 5.41) is 15.8. The second kappa shape index (κ2) is 10.4. The number of hydrogen-bond acceptors (Lipinski definition) is 4. The summed E-state index contributed by atoms with van der Waals surface area (Å²) in [4.78, 5) is 16.7. The molecule has 1 aliphatic heterocycles. The molecule has 0 spiro atoms. The molecular weight excluding hydrogens is 316 g/mol. The maximum Gasteiger partial charge on any atom is 0.314 e. The van der Waals surface area contributed by atoms with Crippen molar-refractivity contribution < 1.29 is 9.90 Å². The molecule has 2 atom stereocenters. The minimum absolute atomic E-state index is 0.162. The van der Waals surface area contributed by atoms with Gasteiger partial charge in [-0.05, 0) is 24.9 Å². The van der Waals surface area contributed by atoms with Crippen molar-refractivity contribution in [1.29, 1.82) is 0 Å². The first kappa shape index (κ1) is 19.7. The Kier molecular flexibility index (Phi) is 8.18. The van der Waals surface area contributed by atoms with Crippen LogP contribution in [0.1, 0.15) is 25.0 Å². The van der Waals surface area contributed by atoms with Crippen LogP contribution in [0.3, 0.4) is 0 Å². The van der Waals surface area contributed by atoms with Gasteiger partial charge < -0.3 is 25.5 Å². The van der Waals surface area contributed by atoms with Gasteiger partial charge in [0.1, 0.15) is 0 Å². The van der Waals surface area contributed by atoms with Crippen LogP contribution in [0.5, 0.6) is 0 Å². The van der Waals surface area contributed by atoms with Crippen LogP contribution in [-0.2, 0) is 0 Å². The summed E-state index contributed by atoms with van der Waals surface area (Å²) in [5.74, 6) is 0.420. The number of urea groups is 1. The molecule has 0 aromatic heterocycles. The molecule has 1 aromatic rings. The molecule has 6 heteroatoms. The Morgan fingerprint density at radius 1 is 1.16 bits per heavy atom. The lowest BCUT2D eigenvalue weighted by Crippen LogP contribution is -2.47. The highest BCUT2D eigenvalue weighted by Gasteiger charge is 2.16. The van der Waals surface area contributed by atoms with Gasteiger partial charge in [-0.1, -0.05) is 37.3 Å². The number of carbonyl (C=O) groups is 1. The third kappa shape index (κ3) is 7.42. The summed E-state index contributed by atoms with van der Waals surface area (Å²) in [6.07, 6.45) is -0.0356. The van der Waals surface area contributed by atoms with Gasteiger partial charge in [-0.2, -0.15) is 0 Å². The summed E-state index contributed by atoms with van der Waals surface area (Å²) >= 11 is 0. The first-order chi connectivity index (χ1) is 12.0. The SMILES string of the molecule is CC(CNC(=O)NCCC(O)c1ccccc1)CN1CCN(C)CC1. The molecule has 1 fully saturated rings. The van der Waals surface area contributed by atoms with Crippen LogP contribution in [0.25, 0.3) is 0 Å². The van der Waals surface area contributed by atoms with Gasteiger partial charge in [0.15, 0.2) is 0 Å². The van der Waals surface area contributed by atoms with Crippen LogP contribution in [0, 0.1) is 5.92 Å². The van der Waals surface area contributed by atoms with Crippen molar-refractivity contribution in [1.82, 2.24) is 20.4 Å². The molecule has 1 aromatic carbocycles. The molecule has 1 aliphatic rings. The van der Waals surface area contributed by atoms with E-state index in [1.54, 1.807) is 0 Å². The van der Waals surface area contributed by atoms with E-state index in [1.165, 1.54) is 0 Å². The number of aliphatic hydroxyl groups is 1. The number of hydrogen-bond donors (Lipinski definition) is 3. The zero-order valence-corrected chi connectivity index (χ0v) is 15.4. The molecule has 0 saturated carbocycles. The number of piperazine rings is 1. The van der Waals surface area contributed by atoms with E-state index in [-0.39, 0.29) is 6.03 Å². The number of likely N-dealkylation sites (N-methyl/N-ethyl adjacent to an activating group) is 1. The van der Waals surface area contributed by atoms with Gasteiger partial charge in [0.2, 0.25) is 0 Å². The summed E-state index contributed by atoms with van der Waals surface area (Å²) in [5.41, 5.74) is 0.880. The Bertz CT molecular complexity index is 503. The second-order valence-corrected chi connectivity index (χ2v) is 7.06. The van der Waals surface area contributed by atoms with Crippen LogP contribution in [0.4, 0.5) is 4.79 Å². The Morgan fingerprint density at radius 2 is 1.84 bits per heavy atom. The van der Waals surface area contributed by atoms with Gasteiger partial charge >= 0.3 is 6.03 Å². The van der Waals surface area contributed by atoms with Crippen molar-refractivity contribution in [2.45, 2.75) is 19.4 Å². The zero-order valence-electron chi connectivity index (χ0n) is 15.4. The number of nitrogens with zero attached hydrogens (tertiary/aromatic N) is 2. The molecule has 1 saturated heterocycles. The van der Waals surface area contributed by atoms with Crippen LogP contribution in [-0.4, -0.2) is 73.8 Å². The summed E-state index contributed by atoms with van der Waals surface area (Å²) in [7, 11) is 2.15. The molecule has 25 heavy (non-hydrogen) atoms. The van der Waals surface area contributed by atoms with Crippen LogP contribution < -0.4 is 10.6 Å². The molecule has 2 rings (SSSR count). The average Bonchev–Trinajstić information content (AvgIpc) is 2.62. The fourth-order valence-corrected chi connectivity index (χ4v) is 3.03. The minimum atomic E-state index is -0.544. The van der Waals surface area contributed by atoms with E-state index in [0.717, 1.165) is 38.3 Å². The first-order valence-corrected chi connectivity index (χ1v) is 9.20. The van der Waals surface area contributed by atoms with Crippen LogP contribution >= 0.6 is 0 Å². The van der Waals surface area contributed by atoms with Crippen molar-refractivity contribution in [3.8, 4) is 0 Å². The minimum Gasteiger partial charge on any atom is -0.388 e. The highest BCUT2D eigenvalue weighted by atomic mass is 16.3. The highest BCUT2D eigenvalue weighted by Crippen LogP contribution is 2.14. The van der Waals surface area contributed by atoms with Crippen molar-refractivity contribution >= 4 is 6.03 Å². The Balaban J connectivity index is 1.56. The number of amides is 2. The monoisotopic (exact) mass is 348 g/mol. The van der Waals surface area contributed by atoms with Gasteiger partial charge in [-0.3, -0.25) is 0 Å². The van der Waals surface area contributed by atoms with Crippen molar-refractivity contribution in [2.75, 3.05) is 52.9 Å². The molecule has 6 nitrogen and oxygen atoms in total. The van der Waals surface area contributed by atoms with Gasteiger partial charge in [0.25, 0.3) is 0 Å². The first-order valence-electron chi connectivity index (χ1n) is 9.20. The third-order valence-corrected chi connectivity index (χ3v) is 4.66. The lowest BCUT2D eigenvalue weighted by Gasteiger charge is -2.33. The standard InChI is InChI=1S/C19H32N4O2/c1-16(15-23-12-10-22(2)11-13-23)14-21-19(25)20-9-8-18(24)17-6-4-3-5-7-17/h3-7,16,18,24H,8-15H2,1-2H3,(H2,20,21,25). The molecule has 2 amide bonds. The number of nitrogens with one attached hydrogen (secondary N) is 2. The number of rotatable bonds is 8. The van der Waals surface area contributed by atoms with Crippen LogP contribution in [0.15, 0.2) is 30.3 Å². The third-order valence-electron chi connectivity index (χ3n) is 4.66. The maximum absolute atomic E-state index is 11.9. The van der Waals surface area contributed by atoms with Crippen molar-refractivity contribution in [3.05, 3.63) is 35.9 Å². The highest BCUT2D eigenvalue weighted by molar-refractivity contribution is 5.73. The number of carbonyl (C=O) groups excluding carboxylic acids is 1. The van der Waals surface area contributed by atoms with E-state index >= 15 is 0 Å². The molecular formula is C19H32N4O2. The normalized spacial score (nSPS) is 18.5. The van der Waals surface area contributed by atoms with Crippen LogP contribution in [0.2, 0.25) is 0 Å². The molecule has 2 unspecified atom stereocenters. The predicted molar refractivity (Wildman–Crippen MR) is 101 cm³/mol. The fraction of sp³-hybridized carbons (Fsp3) is 0.632. The largest absolute Gasteiger partial charge is 0.388 e. The van der Waals surface area contributed by atoms with Gasteiger partial charge in [-0.25, -0.2) is 4.79 Å².